The molecule has 0 bridgehead atoms. The Morgan fingerprint density at radius 3 is 2.78 bits per heavy atom. The van der Waals surface area contributed by atoms with Crippen LogP contribution in [0.1, 0.15) is 36.0 Å². The van der Waals surface area contributed by atoms with Gasteiger partial charge in [0.15, 0.2) is 0 Å². The van der Waals surface area contributed by atoms with Crippen molar-refractivity contribution in [1.82, 2.24) is 5.32 Å². The third-order valence-electron chi connectivity index (χ3n) is 3.31. The van der Waals surface area contributed by atoms with Crippen molar-refractivity contribution < 1.29 is 9.90 Å². The van der Waals surface area contributed by atoms with E-state index in [1.165, 1.54) is 0 Å². The molecule has 4 N–H and O–H groups in total. The summed E-state index contributed by atoms with van der Waals surface area (Å²) in [4.78, 5) is 12.0. The predicted octanol–water partition coefficient (Wildman–Crippen LogP) is 1.96. The predicted molar refractivity (Wildman–Crippen MR) is 71.6 cm³/mol. The molecule has 1 aromatic carbocycles. The highest BCUT2D eigenvalue weighted by Gasteiger charge is 2.24. The Labute approximate surface area is 111 Å². The molecular formula is C13H17ClN2O2. The van der Waals surface area contributed by atoms with Crippen LogP contribution in [0.2, 0.25) is 5.02 Å². The molecule has 1 aromatic rings. The van der Waals surface area contributed by atoms with Gasteiger partial charge in [-0.2, -0.15) is 0 Å². The van der Waals surface area contributed by atoms with E-state index in [9.17, 15) is 9.90 Å². The maximum Gasteiger partial charge on any atom is 0.251 e. The molecule has 0 unspecified atom stereocenters. The fourth-order valence-electron chi connectivity index (χ4n) is 2.20. The zero-order valence-corrected chi connectivity index (χ0v) is 10.8. The van der Waals surface area contributed by atoms with Crippen LogP contribution in [0.3, 0.4) is 0 Å². The molecule has 0 saturated heterocycles. The van der Waals surface area contributed by atoms with Gasteiger partial charge in [0.25, 0.3) is 5.91 Å². The summed E-state index contributed by atoms with van der Waals surface area (Å²) in [6.45, 7) is 0. The molecule has 1 aliphatic carbocycles. The molecule has 1 amide bonds. The number of amides is 1. The van der Waals surface area contributed by atoms with Crippen LogP contribution in [0.25, 0.3) is 0 Å². The van der Waals surface area contributed by atoms with Gasteiger partial charge < -0.3 is 16.2 Å². The zero-order chi connectivity index (χ0) is 13.1. The molecule has 0 aromatic heterocycles. The number of aliphatic hydroxyl groups is 1. The first-order valence-electron chi connectivity index (χ1n) is 6.12. The van der Waals surface area contributed by atoms with Gasteiger partial charge in [-0.25, -0.2) is 0 Å². The number of hydrogen-bond acceptors (Lipinski definition) is 3. The number of nitrogens with one attached hydrogen (secondary N) is 1. The highest BCUT2D eigenvalue weighted by molar-refractivity contribution is 6.33. The van der Waals surface area contributed by atoms with E-state index in [1.54, 1.807) is 18.2 Å². The quantitative estimate of drug-likeness (QED) is 0.718. The van der Waals surface area contributed by atoms with Crippen molar-refractivity contribution in [3.05, 3.63) is 28.8 Å². The fourth-order valence-corrected chi connectivity index (χ4v) is 2.38. The minimum absolute atomic E-state index is 0.164. The number of benzene rings is 1. The monoisotopic (exact) mass is 268 g/mol. The normalized spacial score (nSPS) is 23.7. The first-order chi connectivity index (χ1) is 8.58. The summed E-state index contributed by atoms with van der Waals surface area (Å²) < 4.78 is 0. The Balaban J connectivity index is 2.04. The van der Waals surface area contributed by atoms with Crippen LogP contribution < -0.4 is 11.1 Å². The molecule has 2 rings (SSSR count). The number of rotatable bonds is 2. The van der Waals surface area contributed by atoms with Crippen LogP contribution in [0.5, 0.6) is 0 Å². The molecule has 2 atom stereocenters. The van der Waals surface area contributed by atoms with Crippen molar-refractivity contribution in [1.29, 1.82) is 0 Å². The first kappa shape index (κ1) is 13.2. The van der Waals surface area contributed by atoms with Gasteiger partial charge in [-0.05, 0) is 31.0 Å². The standard InChI is InChI=1S/C13H17ClN2O2/c14-9-7-8(5-6-10(9)15)13(18)16-11-3-1-2-4-12(11)17/h5-7,11-12,17H,1-4,15H2,(H,16,18)/t11-,12-/m1/s1. The number of anilines is 1. The summed E-state index contributed by atoms with van der Waals surface area (Å²) in [6.07, 6.45) is 3.15. The maximum absolute atomic E-state index is 12.0. The van der Waals surface area contributed by atoms with Gasteiger partial charge in [0.1, 0.15) is 0 Å². The maximum atomic E-state index is 12.0. The minimum atomic E-state index is -0.452. The van der Waals surface area contributed by atoms with E-state index in [0.29, 0.717) is 16.3 Å². The Hall–Kier alpha value is -1.26. The van der Waals surface area contributed by atoms with E-state index >= 15 is 0 Å². The van der Waals surface area contributed by atoms with Crippen molar-refractivity contribution in [3.63, 3.8) is 0 Å². The lowest BCUT2D eigenvalue weighted by atomic mass is 9.92. The van der Waals surface area contributed by atoms with Crippen molar-refractivity contribution in [2.45, 2.75) is 37.8 Å². The van der Waals surface area contributed by atoms with Gasteiger partial charge in [-0.1, -0.05) is 24.4 Å². The third-order valence-corrected chi connectivity index (χ3v) is 3.64. The second-order valence-electron chi connectivity index (χ2n) is 4.67. The summed E-state index contributed by atoms with van der Waals surface area (Å²) in [5.74, 6) is -0.220. The number of aliphatic hydroxyl groups excluding tert-OH is 1. The molecule has 18 heavy (non-hydrogen) atoms. The van der Waals surface area contributed by atoms with E-state index in [0.717, 1.165) is 25.7 Å². The van der Waals surface area contributed by atoms with E-state index in [4.69, 9.17) is 17.3 Å². The fraction of sp³-hybridized carbons (Fsp3) is 0.462. The van der Waals surface area contributed by atoms with Crippen LogP contribution >= 0.6 is 11.6 Å². The summed E-state index contributed by atoms with van der Waals surface area (Å²) in [6, 6.07) is 4.62. The molecule has 1 fully saturated rings. The summed E-state index contributed by atoms with van der Waals surface area (Å²) >= 11 is 5.87. The number of halogens is 1. The van der Waals surface area contributed by atoms with E-state index in [-0.39, 0.29) is 11.9 Å². The number of nitrogen functional groups attached to an aromatic ring is 1. The van der Waals surface area contributed by atoms with Gasteiger partial charge in [0, 0.05) is 5.56 Å². The number of carbonyl (C=O) groups is 1. The zero-order valence-electron chi connectivity index (χ0n) is 10.0. The van der Waals surface area contributed by atoms with Gasteiger partial charge in [0.05, 0.1) is 22.9 Å². The molecule has 98 valence electrons. The molecule has 0 radical (unpaired) electrons. The Morgan fingerprint density at radius 2 is 2.11 bits per heavy atom. The molecule has 4 nitrogen and oxygen atoms in total. The minimum Gasteiger partial charge on any atom is -0.398 e. The lowest BCUT2D eigenvalue weighted by molar-refractivity contribution is 0.0717. The lowest BCUT2D eigenvalue weighted by Gasteiger charge is -2.28. The van der Waals surface area contributed by atoms with E-state index in [2.05, 4.69) is 5.32 Å². The van der Waals surface area contributed by atoms with Gasteiger partial charge in [-0.15, -0.1) is 0 Å². The van der Waals surface area contributed by atoms with Crippen LogP contribution in [0.15, 0.2) is 18.2 Å². The largest absolute Gasteiger partial charge is 0.398 e. The average molecular weight is 269 g/mol. The Bertz CT molecular complexity index is 451. The van der Waals surface area contributed by atoms with Crippen LogP contribution in [-0.4, -0.2) is 23.2 Å². The molecule has 0 heterocycles. The number of carbonyl (C=O) groups excluding carboxylic acids is 1. The van der Waals surface area contributed by atoms with E-state index in [1.807, 2.05) is 0 Å². The van der Waals surface area contributed by atoms with Crippen molar-refractivity contribution in [2.24, 2.45) is 0 Å². The average Bonchev–Trinajstić information content (AvgIpc) is 2.35. The van der Waals surface area contributed by atoms with Crippen LogP contribution in [-0.2, 0) is 0 Å². The van der Waals surface area contributed by atoms with Crippen LogP contribution in [0, 0.1) is 0 Å². The summed E-state index contributed by atoms with van der Waals surface area (Å²) in [7, 11) is 0. The van der Waals surface area contributed by atoms with Crippen molar-refractivity contribution in [2.75, 3.05) is 5.73 Å². The van der Waals surface area contributed by atoms with E-state index < -0.39 is 6.10 Å². The van der Waals surface area contributed by atoms with Gasteiger partial charge in [0.2, 0.25) is 0 Å². The van der Waals surface area contributed by atoms with Crippen molar-refractivity contribution >= 4 is 23.2 Å². The second-order valence-corrected chi connectivity index (χ2v) is 5.08. The molecular weight excluding hydrogens is 252 g/mol. The summed E-state index contributed by atoms with van der Waals surface area (Å²) in [5, 5.41) is 13.0. The van der Waals surface area contributed by atoms with Gasteiger partial charge in [-0.3, -0.25) is 4.79 Å². The number of hydrogen-bond donors (Lipinski definition) is 3. The van der Waals surface area contributed by atoms with Crippen molar-refractivity contribution in [3.8, 4) is 0 Å². The molecule has 5 heteroatoms. The Kier molecular flexibility index (Phi) is 4.09. The SMILES string of the molecule is Nc1ccc(C(=O)N[C@@H]2CCCC[C@H]2O)cc1Cl. The first-order valence-corrected chi connectivity index (χ1v) is 6.49. The molecule has 1 saturated carbocycles. The lowest BCUT2D eigenvalue weighted by Crippen LogP contribution is -2.45. The topological polar surface area (TPSA) is 75.4 Å². The van der Waals surface area contributed by atoms with Gasteiger partial charge >= 0.3 is 0 Å². The Morgan fingerprint density at radius 1 is 1.39 bits per heavy atom. The molecule has 1 aliphatic rings. The highest BCUT2D eigenvalue weighted by atomic mass is 35.5. The highest BCUT2D eigenvalue weighted by Crippen LogP contribution is 2.21. The van der Waals surface area contributed by atoms with Crippen LogP contribution in [0.4, 0.5) is 5.69 Å². The summed E-state index contributed by atoms with van der Waals surface area (Å²) in [5.41, 5.74) is 6.51. The second kappa shape index (κ2) is 5.59. The smallest absolute Gasteiger partial charge is 0.251 e. The molecule has 0 aliphatic heterocycles. The molecule has 0 spiro atoms. The number of nitrogens with two attached hydrogens (primary N) is 1. The third kappa shape index (κ3) is 2.94.